The third kappa shape index (κ3) is 2.78. The maximum Gasteiger partial charge on any atom is 0.193 e. The predicted molar refractivity (Wildman–Crippen MR) is 92.2 cm³/mol. The Balaban J connectivity index is 2.22. The van der Waals surface area contributed by atoms with Crippen molar-refractivity contribution < 1.29 is 9.15 Å². The Kier molecular flexibility index (Phi) is 3.91. The quantitative estimate of drug-likeness (QED) is 0.572. The summed E-state index contributed by atoms with van der Waals surface area (Å²) in [6.07, 6.45) is 0. The molecule has 0 unspecified atom stereocenters. The minimum absolute atomic E-state index is 0.109. The first-order chi connectivity index (χ1) is 10.1. The van der Waals surface area contributed by atoms with Crippen LogP contribution in [0.5, 0.6) is 5.75 Å². The second kappa shape index (κ2) is 5.69. The summed E-state index contributed by atoms with van der Waals surface area (Å²) in [5, 5.41) is 1.01. The van der Waals surface area contributed by atoms with Crippen LogP contribution in [0.4, 0.5) is 0 Å². The van der Waals surface area contributed by atoms with Crippen molar-refractivity contribution in [3.05, 3.63) is 61.3 Å². The van der Waals surface area contributed by atoms with Crippen LogP contribution < -0.4 is 10.2 Å². The number of methoxy groups -OCH3 is 1. The van der Waals surface area contributed by atoms with E-state index in [2.05, 4.69) is 22.6 Å². The van der Waals surface area contributed by atoms with E-state index in [0.717, 1.165) is 14.9 Å². The van der Waals surface area contributed by atoms with Crippen LogP contribution in [0.1, 0.15) is 0 Å². The number of benzene rings is 2. The van der Waals surface area contributed by atoms with Gasteiger partial charge >= 0.3 is 0 Å². The van der Waals surface area contributed by atoms with Gasteiger partial charge in [-0.15, -0.1) is 0 Å². The number of halogens is 2. The van der Waals surface area contributed by atoms with Crippen molar-refractivity contribution in [1.29, 1.82) is 0 Å². The molecule has 0 aliphatic rings. The number of hydrogen-bond donors (Lipinski definition) is 0. The zero-order valence-corrected chi connectivity index (χ0v) is 13.9. The Bertz CT molecular complexity index is 869. The Morgan fingerprint density at radius 2 is 1.86 bits per heavy atom. The van der Waals surface area contributed by atoms with Crippen LogP contribution in [0.2, 0.25) is 5.02 Å². The Labute approximate surface area is 139 Å². The normalized spacial score (nSPS) is 10.8. The fourth-order valence-electron chi connectivity index (χ4n) is 2.08. The van der Waals surface area contributed by atoms with Crippen molar-refractivity contribution in [1.82, 2.24) is 0 Å². The second-order valence-corrected chi connectivity index (χ2v) is 6.07. The molecule has 106 valence electrons. The van der Waals surface area contributed by atoms with E-state index in [1.807, 2.05) is 24.3 Å². The number of fused-ring (bicyclic) bond motifs is 1. The minimum atomic E-state index is -0.109. The maximum atomic E-state index is 12.3. The molecule has 0 amide bonds. The van der Waals surface area contributed by atoms with Gasteiger partial charge in [-0.05, 0) is 59.0 Å². The highest BCUT2D eigenvalue weighted by atomic mass is 127. The topological polar surface area (TPSA) is 39.4 Å². The number of rotatable bonds is 2. The molecule has 0 bridgehead atoms. The molecular weight excluding hydrogens is 403 g/mol. The van der Waals surface area contributed by atoms with Gasteiger partial charge in [-0.3, -0.25) is 4.79 Å². The Morgan fingerprint density at radius 3 is 2.52 bits per heavy atom. The predicted octanol–water partition coefficient (Wildman–Crippen LogP) is 4.73. The Hall–Kier alpha value is -1.53. The monoisotopic (exact) mass is 412 g/mol. The molecule has 0 saturated carbocycles. The van der Waals surface area contributed by atoms with Crippen molar-refractivity contribution >= 4 is 45.2 Å². The number of ether oxygens (including phenoxy) is 1. The van der Waals surface area contributed by atoms with E-state index >= 15 is 0 Å². The minimum Gasteiger partial charge on any atom is -0.497 e. The van der Waals surface area contributed by atoms with Crippen LogP contribution >= 0.6 is 34.2 Å². The van der Waals surface area contributed by atoms with Gasteiger partial charge in [0.25, 0.3) is 0 Å². The lowest BCUT2D eigenvalue weighted by Gasteiger charge is -2.06. The van der Waals surface area contributed by atoms with Crippen molar-refractivity contribution in [3.63, 3.8) is 0 Å². The highest BCUT2D eigenvalue weighted by Gasteiger charge is 2.11. The molecule has 0 N–H and O–H groups in total. The van der Waals surface area contributed by atoms with E-state index < -0.39 is 0 Å². The van der Waals surface area contributed by atoms with E-state index in [-0.39, 0.29) is 5.43 Å². The lowest BCUT2D eigenvalue weighted by atomic mass is 10.1. The molecule has 0 fully saturated rings. The van der Waals surface area contributed by atoms with Crippen LogP contribution in [0, 0.1) is 3.57 Å². The van der Waals surface area contributed by atoms with Crippen LogP contribution in [-0.4, -0.2) is 7.11 Å². The van der Waals surface area contributed by atoms with E-state index in [1.165, 1.54) is 6.07 Å². The van der Waals surface area contributed by atoms with Gasteiger partial charge in [0.1, 0.15) is 11.5 Å². The highest BCUT2D eigenvalue weighted by Crippen LogP contribution is 2.28. The summed E-state index contributed by atoms with van der Waals surface area (Å²) >= 11 is 8.10. The third-order valence-corrected chi connectivity index (χ3v) is 4.14. The molecule has 1 heterocycles. The van der Waals surface area contributed by atoms with Crippen LogP contribution in [0.15, 0.2) is 51.7 Å². The van der Waals surface area contributed by atoms with Gasteiger partial charge in [0.15, 0.2) is 11.0 Å². The first-order valence-electron chi connectivity index (χ1n) is 6.16. The van der Waals surface area contributed by atoms with Crippen molar-refractivity contribution in [2.45, 2.75) is 0 Å². The van der Waals surface area contributed by atoms with Gasteiger partial charge in [0.2, 0.25) is 0 Å². The molecule has 0 aliphatic carbocycles. The molecule has 3 nitrogen and oxygen atoms in total. The lowest BCUT2D eigenvalue weighted by molar-refractivity contribution is 0.415. The van der Waals surface area contributed by atoms with Gasteiger partial charge in [-0.25, -0.2) is 0 Å². The molecule has 3 rings (SSSR count). The molecular formula is C16H10ClIO3. The molecule has 2 aromatic carbocycles. The van der Waals surface area contributed by atoms with E-state index in [1.54, 1.807) is 19.2 Å². The van der Waals surface area contributed by atoms with Gasteiger partial charge < -0.3 is 9.15 Å². The van der Waals surface area contributed by atoms with Crippen LogP contribution in [0.3, 0.4) is 0 Å². The lowest BCUT2D eigenvalue weighted by Crippen LogP contribution is -2.01. The van der Waals surface area contributed by atoms with Crippen molar-refractivity contribution in [3.8, 4) is 17.1 Å². The van der Waals surface area contributed by atoms with Gasteiger partial charge in [0.05, 0.1) is 16.1 Å². The van der Waals surface area contributed by atoms with E-state index in [0.29, 0.717) is 21.8 Å². The summed E-state index contributed by atoms with van der Waals surface area (Å²) in [5.41, 5.74) is 1.27. The fraction of sp³-hybridized carbons (Fsp3) is 0.0625. The van der Waals surface area contributed by atoms with Crippen molar-refractivity contribution in [2.75, 3.05) is 7.11 Å². The zero-order valence-electron chi connectivity index (χ0n) is 11.0. The average Bonchev–Trinajstić information content (AvgIpc) is 2.48. The molecule has 0 atom stereocenters. The largest absolute Gasteiger partial charge is 0.497 e. The first kappa shape index (κ1) is 14.4. The standard InChI is InChI=1S/C16H10ClIO3/c1-20-11-4-2-9(3-5-11)15-8-14(19)12-6-10(17)7-13(18)16(12)21-15/h2-8H,1H3. The summed E-state index contributed by atoms with van der Waals surface area (Å²) in [6, 6.07) is 12.2. The summed E-state index contributed by atoms with van der Waals surface area (Å²) < 4.78 is 11.8. The molecule has 0 saturated heterocycles. The molecule has 0 spiro atoms. The molecule has 21 heavy (non-hydrogen) atoms. The summed E-state index contributed by atoms with van der Waals surface area (Å²) in [6.45, 7) is 0. The SMILES string of the molecule is COc1ccc(-c2cc(=O)c3cc(Cl)cc(I)c3o2)cc1. The van der Waals surface area contributed by atoms with Crippen LogP contribution in [0.25, 0.3) is 22.3 Å². The average molecular weight is 413 g/mol. The first-order valence-corrected chi connectivity index (χ1v) is 7.61. The molecule has 0 aliphatic heterocycles. The molecule has 1 aromatic heterocycles. The van der Waals surface area contributed by atoms with E-state index in [4.69, 9.17) is 20.8 Å². The zero-order chi connectivity index (χ0) is 15.0. The van der Waals surface area contributed by atoms with Crippen molar-refractivity contribution in [2.24, 2.45) is 0 Å². The summed E-state index contributed by atoms with van der Waals surface area (Å²) in [4.78, 5) is 12.3. The summed E-state index contributed by atoms with van der Waals surface area (Å²) in [5.74, 6) is 1.28. The molecule has 0 radical (unpaired) electrons. The molecule has 3 aromatic rings. The third-order valence-electron chi connectivity index (χ3n) is 3.12. The Morgan fingerprint density at radius 1 is 1.14 bits per heavy atom. The van der Waals surface area contributed by atoms with Gasteiger partial charge in [-0.2, -0.15) is 0 Å². The maximum absolute atomic E-state index is 12.3. The highest BCUT2D eigenvalue weighted by molar-refractivity contribution is 14.1. The second-order valence-electron chi connectivity index (χ2n) is 4.47. The van der Waals surface area contributed by atoms with Gasteiger partial charge in [0, 0.05) is 16.7 Å². The van der Waals surface area contributed by atoms with Crippen LogP contribution in [-0.2, 0) is 0 Å². The summed E-state index contributed by atoms with van der Waals surface area (Å²) in [7, 11) is 1.61. The smallest absolute Gasteiger partial charge is 0.193 e. The molecule has 5 heteroatoms. The number of hydrogen-bond acceptors (Lipinski definition) is 3. The van der Waals surface area contributed by atoms with E-state index in [9.17, 15) is 4.79 Å². The van der Waals surface area contributed by atoms with Gasteiger partial charge in [-0.1, -0.05) is 11.6 Å². The fourth-order valence-corrected chi connectivity index (χ4v) is 3.22.